The van der Waals surface area contributed by atoms with Gasteiger partial charge in [-0.2, -0.15) is 0 Å². The Kier molecular flexibility index (Phi) is 43.7. The Morgan fingerprint density at radius 2 is 0.948 bits per heavy atom. The number of amides is 1. The maximum atomic E-state index is 13.2. The molecule has 0 aliphatic carbocycles. The lowest BCUT2D eigenvalue weighted by atomic mass is 10.0. The molecule has 0 aliphatic heterocycles. The van der Waals surface area contributed by atoms with Crippen molar-refractivity contribution in [1.82, 2.24) is 5.32 Å². The zero-order valence-electron chi connectivity index (χ0n) is 38.2. The van der Waals surface area contributed by atoms with Crippen LogP contribution in [0, 0.1) is 0 Å². The van der Waals surface area contributed by atoms with Crippen LogP contribution in [-0.2, 0) is 14.3 Å². The highest BCUT2D eigenvalue weighted by Gasteiger charge is 2.24. The molecule has 6 nitrogen and oxygen atoms in total. The number of nitrogens with one attached hydrogen (secondary N) is 1. The minimum absolute atomic E-state index is 0.0487. The number of hydrogen-bond acceptors (Lipinski definition) is 5. The van der Waals surface area contributed by atoms with E-state index in [9.17, 15) is 19.8 Å². The monoisotopic (exact) mass is 812 g/mol. The van der Waals surface area contributed by atoms with E-state index in [0.717, 1.165) is 70.6 Å². The average molecular weight is 812 g/mol. The van der Waals surface area contributed by atoms with E-state index in [-0.39, 0.29) is 24.9 Å². The van der Waals surface area contributed by atoms with E-state index in [2.05, 4.69) is 62.5 Å². The predicted octanol–water partition coefficient (Wildman–Crippen LogP) is 14.5. The van der Waals surface area contributed by atoms with Crippen LogP contribution in [-0.4, -0.2) is 46.9 Å². The van der Waals surface area contributed by atoms with Gasteiger partial charge in [-0.05, 0) is 70.6 Å². The number of unbranched alkanes of at least 4 members (excludes halogenated alkanes) is 24. The van der Waals surface area contributed by atoms with Crippen LogP contribution in [0.5, 0.6) is 0 Å². The number of esters is 1. The van der Waals surface area contributed by atoms with E-state index in [1.807, 2.05) is 24.3 Å². The molecule has 0 bridgehead atoms. The van der Waals surface area contributed by atoms with Crippen LogP contribution in [0.3, 0.4) is 0 Å². The second kappa shape index (κ2) is 45.6. The maximum absolute atomic E-state index is 13.2. The fraction of sp³-hybridized carbons (Fsp3) is 0.769. The van der Waals surface area contributed by atoms with Crippen molar-refractivity contribution in [1.29, 1.82) is 0 Å². The summed E-state index contributed by atoms with van der Waals surface area (Å²) in [5.74, 6) is -0.519. The molecule has 58 heavy (non-hydrogen) atoms. The third kappa shape index (κ3) is 40.3. The molecule has 0 radical (unpaired) electrons. The van der Waals surface area contributed by atoms with Crippen LogP contribution in [0.15, 0.2) is 60.8 Å². The molecule has 3 atom stereocenters. The number of carbonyl (C=O) groups is 2. The van der Waals surface area contributed by atoms with Gasteiger partial charge in [0.15, 0.2) is 0 Å². The molecule has 0 saturated heterocycles. The highest BCUT2D eigenvalue weighted by atomic mass is 16.5. The zero-order valence-corrected chi connectivity index (χ0v) is 38.2. The maximum Gasteiger partial charge on any atom is 0.306 e. The van der Waals surface area contributed by atoms with Gasteiger partial charge in [-0.15, -0.1) is 0 Å². The molecule has 336 valence electrons. The van der Waals surface area contributed by atoms with Gasteiger partial charge in [0.1, 0.15) is 6.10 Å². The average Bonchev–Trinajstić information content (AvgIpc) is 3.22. The molecule has 0 spiro atoms. The van der Waals surface area contributed by atoms with Crippen molar-refractivity contribution >= 4 is 11.9 Å². The summed E-state index contributed by atoms with van der Waals surface area (Å²) in [6.07, 6.45) is 55.6. The smallest absolute Gasteiger partial charge is 0.306 e. The lowest BCUT2D eigenvalue weighted by Gasteiger charge is -2.24. The van der Waals surface area contributed by atoms with Crippen LogP contribution in [0.25, 0.3) is 0 Å². The van der Waals surface area contributed by atoms with Crippen molar-refractivity contribution in [2.24, 2.45) is 0 Å². The van der Waals surface area contributed by atoms with Crippen LogP contribution < -0.4 is 5.32 Å². The number of hydrogen-bond donors (Lipinski definition) is 3. The summed E-state index contributed by atoms with van der Waals surface area (Å²) in [6.45, 7) is 6.31. The molecular formula is C52H93NO5. The Morgan fingerprint density at radius 1 is 0.517 bits per heavy atom. The first-order valence-electron chi connectivity index (χ1n) is 24.6. The molecule has 0 aromatic rings. The molecule has 0 aliphatic rings. The summed E-state index contributed by atoms with van der Waals surface area (Å²) in [5.41, 5.74) is 0. The summed E-state index contributed by atoms with van der Waals surface area (Å²) in [6, 6.07) is -0.715. The molecule has 3 unspecified atom stereocenters. The standard InChI is InChI=1S/C52H93NO5/c1-4-7-10-13-16-19-22-24-25-27-30-33-36-39-42-45-52(57)58-48(43-40-37-34-31-29-26-23-20-17-14-11-8-5-2)46-51(56)53-49(47-54)50(55)44-41-38-35-32-28-21-18-15-12-9-6-3/h8,11,14,17,19-20,22-23,26,29,48-50,54-55H,4-7,9-10,12-13,15-16,18,21,24-25,27-28,30-47H2,1-3H3,(H,53,56)/b11-8+,17-14+,22-19-,23-20+,29-26-. The molecular weight excluding hydrogens is 719 g/mol. The van der Waals surface area contributed by atoms with Gasteiger partial charge in [-0.25, -0.2) is 0 Å². The summed E-state index contributed by atoms with van der Waals surface area (Å²) in [5, 5.41) is 23.7. The number of ether oxygens (including phenoxy) is 1. The topological polar surface area (TPSA) is 95.9 Å². The van der Waals surface area contributed by atoms with Gasteiger partial charge < -0.3 is 20.3 Å². The van der Waals surface area contributed by atoms with Crippen molar-refractivity contribution in [2.75, 3.05) is 6.61 Å². The Hall–Kier alpha value is -2.44. The molecule has 0 aromatic heterocycles. The van der Waals surface area contributed by atoms with E-state index >= 15 is 0 Å². The second-order valence-electron chi connectivity index (χ2n) is 16.6. The molecule has 0 aromatic carbocycles. The zero-order chi connectivity index (χ0) is 42.4. The molecule has 1 amide bonds. The number of carbonyl (C=O) groups excluding carboxylic acids is 2. The summed E-state index contributed by atoms with van der Waals surface area (Å²) in [4.78, 5) is 26.1. The minimum Gasteiger partial charge on any atom is -0.462 e. The third-order valence-corrected chi connectivity index (χ3v) is 10.9. The fourth-order valence-corrected chi connectivity index (χ4v) is 7.20. The van der Waals surface area contributed by atoms with E-state index in [4.69, 9.17) is 4.74 Å². The normalized spacial score (nSPS) is 13.8. The quantitative estimate of drug-likeness (QED) is 0.0247. The molecule has 0 rings (SSSR count). The molecule has 0 heterocycles. The Morgan fingerprint density at radius 3 is 1.50 bits per heavy atom. The van der Waals surface area contributed by atoms with Gasteiger partial charge in [-0.1, -0.05) is 210 Å². The highest BCUT2D eigenvalue weighted by Crippen LogP contribution is 2.17. The largest absolute Gasteiger partial charge is 0.462 e. The summed E-state index contributed by atoms with van der Waals surface area (Å²) >= 11 is 0. The Labute approximate surface area is 358 Å². The first-order valence-corrected chi connectivity index (χ1v) is 24.6. The van der Waals surface area contributed by atoms with Crippen molar-refractivity contribution in [2.45, 2.75) is 251 Å². The van der Waals surface area contributed by atoms with Crippen LogP contribution in [0.2, 0.25) is 0 Å². The highest BCUT2D eigenvalue weighted by molar-refractivity contribution is 5.77. The molecule has 0 fully saturated rings. The Balaban J connectivity index is 4.65. The van der Waals surface area contributed by atoms with E-state index < -0.39 is 18.2 Å². The number of rotatable bonds is 43. The van der Waals surface area contributed by atoms with Crippen LogP contribution in [0.1, 0.15) is 233 Å². The van der Waals surface area contributed by atoms with E-state index in [0.29, 0.717) is 19.3 Å². The van der Waals surface area contributed by atoms with Gasteiger partial charge >= 0.3 is 5.97 Å². The summed E-state index contributed by atoms with van der Waals surface area (Å²) < 4.78 is 5.90. The first-order chi connectivity index (χ1) is 28.5. The van der Waals surface area contributed by atoms with Gasteiger partial charge in [-0.3, -0.25) is 9.59 Å². The molecule has 0 saturated carbocycles. The van der Waals surface area contributed by atoms with Gasteiger partial charge in [0.25, 0.3) is 0 Å². The van der Waals surface area contributed by atoms with Crippen molar-refractivity contribution in [3.63, 3.8) is 0 Å². The van der Waals surface area contributed by atoms with Crippen molar-refractivity contribution < 1.29 is 24.5 Å². The first kappa shape index (κ1) is 55.6. The van der Waals surface area contributed by atoms with Gasteiger partial charge in [0.2, 0.25) is 5.91 Å². The number of allylic oxidation sites excluding steroid dienone is 10. The second-order valence-corrected chi connectivity index (χ2v) is 16.6. The lowest BCUT2D eigenvalue weighted by Crippen LogP contribution is -2.46. The van der Waals surface area contributed by atoms with E-state index in [1.165, 1.54) is 116 Å². The molecule has 6 heteroatoms. The van der Waals surface area contributed by atoms with Gasteiger partial charge in [0, 0.05) is 6.42 Å². The fourth-order valence-electron chi connectivity index (χ4n) is 7.20. The van der Waals surface area contributed by atoms with Crippen LogP contribution in [0.4, 0.5) is 0 Å². The van der Waals surface area contributed by atoms with Crippen molar-refractivity contribution in [3.05, 3.63) is 60.8 Å². The minimum atomic E-state index is -0.799. The number of aliphatic hydroxyl groups excluding tert-OH is 2. The lowest BCUT2D eigenvalue weighted by molar-refractivity contribution is -0.151. The SMILES string of the molecule is CC/C=C/C=C/C=C/C=C\CCCCCC(CC(=O)NC(CO)C(O)CCCCCCCCCCCCC)OC(=O)CCCCCCCCC/C=C\CCCCCC. The van der Waals surface area contributed by atoms with Gasteiger partial charge in [0.05, 0.1) is 25.2 Å². The van der Waals surface area contributed by atoms with E-state index in [1.54, 1.807) is 0 Å². The Bertz CT molecular complexity index is 1050. The summed E-state index contributed by atoms with van der Waals surface area (Å²) in [7, 11) is 0. The third-order valence-electron chi connectivity index (χ3n) is 10.9. The number of aliphatic hydroxyl groups is 2. The predicted molar refractivity (Wildman–Crippen MR) is 250 cm³/mol. The molecule has 3 N–H and O–H groups in total. The van der Waals surface area contributed by atoms with Crippen molar-refractivity contribution in [3.8, 4) is 0 Å². The van der Waals surface area contributed by atoms with Crippen LogP contribution >= 0.6 is 0 Å².